The third-order valence-electron chi connectivity index (χ3n) is 8.96. The van der Waals surface area contributed by atoms with Crippen molar-refractivity contribution in [2.75, 3.05) is 25.2 Å². The fourth-order valence-electron chi connectivity index (χ4n) is 7.49. The summed E-state index contributed by atoms with van der Waals surface area (Å²) in [7, 11) is 1.58. The van der Waals surface area contributed by atoms with Gasteiger partial charge in [0.05, 0.1) is 36.3 Å². The molecule has 2 bridgehead atoms. The number of esters is 1. The molecule has 4 aliphatic rings. The van der Waals surface area contributed by atoms with E-state index in [2.05, 4.69) is 4.98 Å². The number of imide groups is 1. The molecule has 0 radical (unpaired) electrons. The largest absolute Gasteiger partial charge is 0.497 e. The zero-order valence-electron chi connectivity index (χ0n) is 22.4. The second-order valence-electron chi connectivity index (χ2n) is 10.8. The van der Waals surface area contributed by atoms with Gasteiger partial charge in [0.1, 0.15) is 11.5 Å². The number of carbonyl (C=O) groups is 3. The summed E-state index contributed by atoms with van der Waals surface area (Å²) in [6.07, 6.45) is 0.821. The Morgan fingerprint density at radius 3 is 2.34 bits per heavy atom. The highest BCUT2D eigenvalue weighted by molar-refractivity contribution is 8.00. The van der Waals surface area contributed by atoms with E-state index in [1.807, 2.05) is 24.3 Å². The zero-order chi connectivity index (χ0) is 28.4. The summed E-state index contributed by atoms with van der Waals surface area (Å²) >= 11 is 2.89. The molecule has 212 valence electrons. The van der Waals surface area contributed by atoms with Crippen LogP contribution in [0, 0.1) is 29.6 Å². The first-order valence-corrected chi connectivity index (χ1v) is 15.4. The van der Waals surface area contributed by atoms with Gasteiger partial charge < -0.3 is 19.2 Å². The number of anilines is 1. The molecule has 41 heavy (non-hydrogen) atoms. The van der Waals surface area contributed by atoms with Crippen molar-refractivity contribution in [2.24, 2.45) is 29.6 Å². The molecule has 7 rings (SSSR count). The summed E-state index contributed by atoms with van der Waals surface area (Å²) < 4.78 is 15.8. The highest BCUT2D eigenvalue weighted by atomic mass is 32.2. The van der Waals surface area contributed by atoms with E-state index >= 15 is 0 Å². The van der Waals surface area contributed by atoms with Crippen LogP contribution in [0.4, 0.5) is 5.69 Å². The summed E-state index contributed by atoms with van der Waals surface area (Å²) in [4.78, 5) is 57.1. The number of carbonyl (C=O) groups excluding carboxylic acids is 3. The van der Waals surface area contributed by atoms with Crippen LogP contribution in [0.25, 0.3) is 0 Å². The number of hydrogen-bond acceptors (Lipinski definition) is 9. The Kier molecular flexibility index (Phi) is 6.46. The van der Waals surface area contributed by atoms with Gasteiger partial charge in [0, 0.05) is 16.0 Å². The van der Waals surface area contributed by atoms with Gasteiger partial charge in [0.25, 0.3) is 0 Å². The molecule has 7 atom stereocenters. The third-order valence-corrected chi connectivity index (χ3v) is 11.5. The number of amides is 2. The van der Waals surface area contributed by atoms with E-state index in [-0.39, 0.29) is 64.1 Å². The Morgan fingerprint density at radius 2 is 1.66 bits per heavy atom. The van der Waals surface area contributed by atoms with Gasteiger partial charge in [-0.15, -0.1) is 11.8 Å². The number of thiazole rings is 1. The van der Waals surface area contributed by atoms with Gasteiger partial charge in [-0.1, -0.05) is 23.5 Å². The van der Waals surface area contributed by atoms with Gasteiger partial charge in [-0.25, -0.2) is 4.79 Å². The van der Waals surface area contributed by atoms with Crippen molar-refractivity contribution < 1.29 is 28.6 Å². The van der Waals surface area contributed by atoms with Gasteiger partial charge >= 0.3 is 10.8 Å². The predicted molar refractivity (Wildman–Crippen MR) is 153 cm³/mol. The normalized spacial score (nSPS) is 29.2. The number of aromatic amines is 1. The second-order valence-corrected chi connectivity index (χ2v) is 13.0. The van der Waals surface area contributed by atoms with E-state index in [1.165, 1.54) is 16.2 Å². The molecule has 2 aromatic carbocycles. The smallest absolute Gasteiger partial charge is 0.344 e. The first-order chi connectivity index (χ1) is 19.9. The molecule has 3 fully saturated rings. The summed E-state index contributed by atoms with van der Waals surface area (Å²) in [5.41, 5.74) is 1.59. The average molecular weight is 593 g/mol. The highest BCUT2D eigenvalue weighted by Gasteiger charge is 2.69. The SMILES string of the molecule is CCOC(=O)COc1ccc([C@@H]2c3sc(=O)[nH]c3S[C@@H]3[C@@H]4C[C@@H]([C@@H]5C(=O)N(c6ccc(OC)cc6)C(=O)[C@@H]45)[C@H]23)cc1. The van der Waals surface area contributed by atoms with Crippen LogP contribution in [0.2, 0.25) is 0 Å². The van der Waals surface area contributed by atoms with E-state index in [4.69, 9.17) is 14.2 Å². The molecule has 2 amide bonds. The Hall–Kier alpha value is -3.57. The van der Waals surface area contributed by atoms with E-state index in [0.29, 0.717) is 23.8 Å². The molecule has 0 spiro atoms. The lowest BCUT2D eigenvalue weighted by Gasteiger charge is -2.43. The molecular weight excluding hydrogens is 564 g/mol. The van der Waals surface area contributed by atoms with Crippen LogP contribution >= 0.6 is 23.1 Å². The van der Waals surface area contributed by atoms with Crippen LogP contribution in [0.5, 0.6) is 11.5 Å². The lowest BCUT2D eigenvalue weighted by atomic mass is 9.68. The number of benzene rings is 2. The third kappa shape index (κ3) is 4.12. The van der Waals surface area contributed by atoms with Crippen LogP contribution in [0.1, 0.15) is 29.7 Å². The number of nitrogens with zero attached hydrogens (tertiary/aromatic N) is 1. The standard InChI is InChI=1S/C30H28N2O7S2/c1-3-38-20(33)13-39-17-8-4-14(5-9-17)21-22-18-12-19(25(22)40-27-26(21)41-30(36)31-27)24-23(18)28(34)32(29(24)35)15-6-10-16(37-2)11-7-15/h4-11,18-19,21-25H,3,12-13H2,1-2H3,(H,31,36)/t18-,19-,21+,22-,23+,24+,25-/m1/s1. The van der Waals surface area contributed by atoms with Gasteiger partial charge in [-0.05, 0) is 73.1 Å². The Morgan fingerprint density at radius 1 is 0.976 bits per heavy atom. The maximum atomic E-state index is 13.9. The van der Waals surface area contributed by atoms with Crippen LogP contribution < -0.4 is 19.2 Å². The first kappa shape index (κ1) is 26.3. The molecule has 11 heteroatoms. The molecule has 2 aliphatic carbocycles. The predicted octanol–water partition coefficient (Wildman–Crippen LogP) is 4.06. The summed E-state index contributed by atoms with van der Waals surface area (Å²) in [5, 5.41) is 0.970. The fourth-order valence-corrected chi connectivity index (χ4v) is 10.4. The highest BCUT2D eigenvalue weighted by Crippen LogP contribution is 2.68. The molecule has 0 unspecified atom stereocenters. The van der Waals surface area contributed by atoms with E-state index in [9.17, 15) is 19.2 Å². The minimum atomic E-state index is -0.429. The number of hydrogen-bond donors (Lipinski definition) is 1. The summed E-state index contributed by atoms with van der Waals surface area (Å²) in [6.45, 7) is 1.87. The summed E-state index contributed by atoms with van der Waals surface area (Å²) in [5.74, 6) is -0.113. The average Bonchev–Trinajstić information content (AvgIpc) is 3.71. The molecule has 1 N–H and O–H groups in total. The molecule has 3 aromatic rings. The van der Waals surface area contributed by atoms with Crippen LogP contribution in [0.3, 0.4) is 0 Å². The van der Waals surface area contributed by atoms with Crippen LogP contribution in [-0.2, 0) is 19.1 Å². The molecule has 2 aliphatic heterocycles. The van der Waals surface area contributed by atoms with Crippen molar-refractivity contribution in [2.45, 2.75) is 29.5 Å². The Balaban J connectivity index is 1.21. The minimum Gasteiger partial charge on any atom is -0.497 e. The Labute approximate surface area is 244 Å². The lowest BCUT2D eigenvalue weighted by Crippen LogP contribution is -2.42. The van der Waals surface area contributed by atoms with Crippen molar-refractivity contribution in [3.63, 3.8) is 0 Å². The van der Waals surface area contributed by atoms with E-state index in [0.717, 1.165) is 21.9 Å². The van der Waals surface area contributed by atoms with Crippen molar-refractivity contribution in [1.29, 1.82) is 0 Å². The quantitative estimate of drug-likeness (QED) is 0.323. The van der Waals surface area contributed by atoms with Gasteiger partial charge in [0.15, 0.2) is 6.61 Å². The molecule has 9 nitrogen and oxygen atoms in total. The summed E-state index contributed by atoms with van der Waals surface area (Å²) in [6, 6.07) is 14.6. The number of H-pyrrole nitrogens is 1. The van der Waals surface area contributed by atoms with Crippen molar-refractivity contribution >= 4 is 46.6 Å². The number of methoxy groups -OCH3 is 1. The number of fused-ring (bicyclic) bond motifs is 9. The van der Waals surface area contributed by atoms with Crippen molar-refractivity contribution in [1.82, 2.24) is 4.98 Å². The van der Waals surface area contributed by atoms with E-state index in [1.54, 1.807) is 50.1 Å². The monoisotopic (exact) mass is 592 g/mol. The van der Waals surface area contributed by atoms with Crippen LogP contribution in [-0.4, -0.2) is 48.3 Å². The zero-order valence-corrected chi connectivity index (χ0v) is 24.0. The maximum Gasteiger partial charge on any atom is 0.344 e. The number of nitrogens with one attached hydrogen (secondary N) is 1. The number of rotatable bonds is 7. The molecular formula is C30H28N2O7S2. The second kappa shape index (κ2) is 10.1. The first-order valence-electron chi connectivity index (χ1n) is 13.7. The van der Waals surface area contributed by atoms with Gasteiger partial charge in [-0.3, -0.25) is 19.3 Å². The Bertz CT molecular complexity index is 1580. The van der Waals surface area contributed by atoms with Gasteiger partial charge in [-0.2, -0.15) is 0 Å². The molecule has 2 saturated carbocycles. The molecule has 3 heterocycles. The van der Waals surface area contributed by atoms with Crippen LogP contribution in [0.15, 0.2) is 58.4 Å². The van der Waals surface area contributed by atoms with E-state index < -0.39 is 5.97 Å². The number of aromatic nitrogens is 1. The minimum absolute atomic E-state index is 0.0253. The lowest BCUT2D eigenvalue weighted by molar-refractivity contribution is -0.145. The molecule has 1 saturated heterocycles. The number of thioether (sulfide) groups is 1. The van der Waals surface area contributed by atoms with Crippen molar-refractivity contribution in [3.8, 4) is 11.5 Å². The maximum absolute atomic E-state index is 13.9. The topological polar surface area (TPSA) is 115 Å². The molecule has 1 aromatic heterocycles. The van der Waals surface area contributed by atoms with Crippen molar-refractivity contribution in [3.05, 3.63) is 68.6 Å². The fraction of sp³-hybridized carbons (Fsp3) is 0.400. The van der Waals surface area contributed by atoms with Gasteiger partial charge in [0.2, 0.25) is 11.8 Å². The number of ether oxygens (including phenoxy) is 3.